The molecule has 84 valence electrons. The number of carbonyl (C=O) groups is 1. The second kappa shape index (κ2) is 6.18. The van der Waals surface area contributed by atoms with Crippen molar-refractivity contribution in [2.24, 2.45) is 0 Å². The van der Waals surface area contributed by atoms with E-state index in [4.69, 9.17) is 0 Å². The van der Waals surface area contributed by atoms with Gasteiger partial charge in [-0.2, -0.15) is 0 Å². The molecule has 0 aliphatic rings. The largest absolute Gasteiger partial charge is 0.338 e. The first kappa shape index (κ1) is 12.6. The third-order valence-corrected chi connectivity index (χ3v) is 3.42. The highest BCUT2D eigenvalue weighted by Gasteiger charge is 2.15. The predicted molar refractivity (Wildman–Crippen MR) is 68.1 cm³/mol. The Morgan fingerprint density at radius 3 is 2.40 bits per heavy atom. The first-order chi connectivity index (χ1) is 7.19. The lowest BCUT2D eigenvalue weighted by atomic mass is 10.3. The van der Waals surface area contributed by atoms with Gasteiger partial charge >= 0.3 is 0 Å². The zero-order valence-corrected chi connectivity index (χ0v) is 10.9. The van der Waals surface area contributed by atoms with E-state index in [1.165, 1.54) is 11.3 Å². The molecule has 1 rings (SSSR count). The van der Waals surface area contributed by atoms with Gasteiger partial charge in [0.25, 0.3) is 5.91 Å². The number of nitrogens with zero attached hydrogens (tertiary/aromatic N) is 1. The summed E-state index contributed by atoms with van der Waals surface area (Å²) in [5, 5.41) is 1.90. The van der Waals surface area contributed by atoms with E-state index in [0.717, 1.165) is 35.7 Å². The van der Waals surface area contributed by atoms with Crippen molar-refractivity contribution >= 4 is 29.9 Å². The molecule has 0 atom stereocenters. The van der Waals surface area contributed by atoms with Crippen LogP contribution >= 0.6 is 24.0 Å². The second-order valence-electron chi connectivity index (χ2n) is 3.46. The molecule has 1 aromatic heterocycles. The van der Waals surface area contributed by atoms with E-state index in [1.54, 1.807) is 0 Å². The van der Waals surface area contributed by atoms with Gasteiger partial charge in [0.05, 0.1) is 4.88 Å². The highest BCUT2D eigenvalue weighted by molar-refractivity contribution is 7.80. The number of hydrogen-bond acceptors (Lipinski definition) is 3. The molecule has 2 nitrogen and oxygen atoms in total. The molecular formula is C11H17NOS2. The standard InChI is InChI=1S/C11H17NOS2/c1-3-5-12(6-4-2)11(13)10-7-9(14)8-15-10/h7-8,14H,3-6H2,1-2H3. The Hall–Kier alpha value is -0.480. The summed E-state index contributed by atoms with van der Waals surface area (Å²) in [4.78, 5) is 15.6. The summed E-state index contributed by atoms with van der Waals surface area (Å²) < 4.78 is 0. The van der Waals surface area contributed by atoms with Gasteiger partial charge < -0.3 is 4.90 Å². The van der Waals surface area contributed by atoms with Crippen LogP contribution in [0.25, 0.3) is 0 Å². The summed E-state index contributed by atoms with van der Waals surface area (Å²) in [5.41, 5.74) is 0. The van der Waals surface area contributed by atoms with Crippen LogP contribution in [0, 0.1) is 0 Å². The Balaban J connectivity index is 2.71. The summed E-state index contributed by atoms with van der Waals surface area (Å²) in [5.74, 6) is 0.143. The molecule has 4 heteroatoms. The van der Waals surface area contributed by atoms with Crippen molar-refractivity contribution in [2.45, 2.75) is 31.6 Å². The molecule has 0 aromatic carbocycles. The molecule has 0 unspecified atom stereocenters. The first-order valence-corrected chi connectivity index (χ1v) is 6.58. The van der Waals surface area contributed by atoms with E-state index < -0.39 is 0 Å². The Morgan fingerprint density at radius 1 is 1.40 bits per heavy atom. The van der Waals surface area contributed by atoms with Gasteiger partial charge in [-0.1, -0.05) is 13.8 Å². The van der Waals surface area contributed by atoms with Gasteiger partial charge in [0, 0.05) is 23.4 Å². The molecule has 0 spiro atoms. The normalized spacial score (nSPS) is 10.3. The highest BCUT2D eigenvalue weighted by Crippen LogP contribution is 2.19. The van der Waals surface area contributed by atoms with Gasteiger partial charge in [-0.05, 0) is 18.9 Å². The zero-order valence-electron chi connectivity index (χ0n) is 9.19. The molecule has 0 aliphatic heterocycles. The van der Waals surface area contributed by atoms with Gasteiger partial charge in [0.2, 0.25) is 0 Å². The molecule has 0 bridgehead atoms. The molecule has 0 saturated heterocycles. The van der Waals surface area contributed by atoms with Crippen molar-refractivity contribution in [3.8, 4) is 0 Å². The number of hydrogen-bond donors (Lipinski definition) is 1. The quantitative estimate of drug-likeness (QED) is 0.787. The Bertz CT molecular complexity index is 316. The molecule has 0 aliphatic carbocycles. The molecule has 1 aromatic rings. The van der Waals surface area contributed by atoms with Crippen molar-refractivity contribution in [1.29, 1.82) is 0 Å². The molecule has 0 saturated carbocycles. The van der Waals surface area contributed by atoms with Gasteiger partial charge in [-0.15, -0.1) is 24.0 Å². The van der Waals surface area contributed by atoms with Crippen LogP contribution in [0.1, 0.15) is 36.4 Å². The van der Waals surface area contributed by atoms with Gasteiger partial charge in [-0.3, -0.25) is 4.79 Å². The Morgan fingerprint density at radius 2 is 2.00 bits per heavy atom. The van der Waals surface area contributed by atoms with Crippen molar-refractivity contribution in [1.82, 2.24) is 4.90 Å². The van der Waals surface area contributed by atoms with E-state index >= 15 is 0 Å². The number of thiophene rings is 1. The van der Waals surface area contributed by atoms with Crippen molar-refractivity contribution in [3.05, 3.63) is 16.3 Å². The Labute approximate surface area is 101 Å². The van der Waals surface area contributed by atoms with Gasteiger partial charge in [0.15, 0.2) is 0 Å². The highest BCUT2D eigenvalue weighted by atomic mass is 32.1. The lowest BCUT2D eigenvalue weighted by molar-refractivity contribution is 0.0760. The van der Waals surface area contributed by atoms with Crippen molar-refractivity contribution in [3.63, 3.8) is 0 Å². The van der Waals surface area contributed by atoms with Crippen molar-refractivity contribution < 1.29 is 4.79 Å². The van der Waals surface area contributed by atoms with Crippen LogP contribution in [0.15, 0.2) is 16.3 Å². The summed E-state index contributed by atoms with van der Waals surface area (Å²) in [6.07, 6.45) is 2.01. The predicted octanol–water partition coefficient (Wildman–Crippen LogP) is 3.30. The number of rotatable bonds is 5. The minimum atomic E-state index is 0.143. The third kappa shape index (κ3) is 3.54. The lowest BCUT2D eigenvalue weighted by Gasteiger charge is -2.20. The fourth-order valence-electron chi connectivity index (χ4n) is 1.45. The average Bonchev–Trinajstić information content (AvgIpc) is 2.63. The van der Waals surface area contributed by atoms with Gasteiger partial charge in [-0.25, -0.2) is 0 Å². The van der Waals surface area contributed by atoms with E-state index in [0.29, 0.717) is 0 Å². The minimum absolute atomic E-state index is 0.143. The maximum absolute atomic E-state index is 12.0. The molecule has 1 heterocycles. The van der Waals surface area contributed by atoms with E-state index in [-0.39, 0.29) is 5.91 Å². The number of thiol groups is 1. The van der Waals surface area contributed by atoms with Crippen LogP contribution in [0.2, 0.25) is 0 Å². The van der Waals surface area contributed by atoms with E-state index in [1.807, 2.05) is 16.3 Å². The summed E-state index contributed by atoms with van der Waals surface area (Å²) in [7, 11) is 0. The van der Waals surface area contributed by atoms with E-state index in [2.05, 4.69) is 26.5 Å². The molecular weight excluding hydrogens is 226 g/mol. The fourth-order valence-corrected chi connectivity index (χ4v) is 2.56. The summed E-state index contributed by atoms with van der Waals surface area (Å²) >= 11 is 5.68. The van der Waals surface area contributed by atoms with Crippen LogP contribution in [0.3, 0.4) is 0 Å². The third-order valence-electron chi connectivity index (χ3n) is 2.07. The molecule has 1 amide bonds. The monoisotopic (exact) mass is 243 g/mol. The van der Waals surface area contributed by atoms with Crippen LogP contribution in [-0.2, 0) is 0 Å². The van der Waals surface area contributed by atoms with Crippen LogP contribution in [0.5, 0.6) is 0 Å². The topological polar surface area (TPSA) is 20.3 Å². The van der Waals surface area contributed by atoms with Crippen molar-refractivity contribution in [2.75, 3.05) is 13.1 Å². The van der Waals surface area contributed by atoms with Gasteiger partial charge in [0.1, 0.15) is 0 Å². The Kier molecular flexibility index (Phi) is 5.19. The second-order valence-corrected chi connectivity index (χ2v) is 4.89. The SMILES string of the molecule is CCCN(CCC)C(=O)c1cc(S)cs1. The maximum atomic E-state index is 12.0. The molecule has 0 radical (unpaired) electrons. The van der Waals surface area contributed by atoms with Crippen LogP contribution in [-0.4, -0.2) is 23.9 Å². The molecule has 0 N–H and O–H groups in total. The minimum Gasteiger partial charge on any atom is -0.338 e. The zero-order chi connectivity index (χ0) is 11.3. The molecule has 15 heavy (non-hydrogen) atoms. The molecule has 0 fully saturated rings. The first-order valence-electron chi connectivity index (χ1n) is 5.25. The number of carbonyl (C=O) groups excluding carboxylic acids is 1. The summed E-state index contributed by atoms with van der Waals surface area (Å²) in [6, 6.07) is 1.84. The maximum Gasteiger partial charge on any atom is 0.263 e. The number of amides is 1. The van der Waals surface area contributed by atoms with Crippen LogP contribution in [0.4, 0.5) is 0 Å². The average molecular weight is 243 g/mol. The lowest BCUT2D eigenvalue weighted by Crippen LogP contribution is -2.31. The summed E-state index contributed by atoms with van der Waals surface area (Å²) in [6.45, 7) is 5.86. The van der Waals surface area contributed by atoms with E-state index in [9.17, 15) is 4.79 Å². The smallest absolute Gasteiger partial charge is 0.263 e. The van der Waals surface area contributed by atoms with Crippen LogP contribution < -0.4 is 0 Å². The fraction of sp³-hybridized carbons (Fsp3) is 0.545.